The first-order chi connectivity index (χ1) is 12.3. The number of carbonyl (C=O) groups is 1. The summed E-state index contributed by atoms with van der Waals surface area (Å²) >= 11 is 1.30. The molecule has 0 saturated carbocycles. The number of aryl methyl sites for hydroxylation is 3. The topological polar surface area (TPSA) is 57.7 Å². The Balaban J connectivity index is 1.62. The summed E-state index contributed by atoms with van der Waals surface area (Å²) in [7, 11) is -3.42. The number of piperazine rings is 1. The van der Waals surface area contributed by atoms with E-state index in [0.717, 1.165) is 21.6 Å². The molecule has 5 nitrogen and oxygen atoms in total. The Labute approximate surface area is 159 Å². The van der Waals surface area contributed by atoms with E-state index < -0.39 is 10.0 Å². The number of benzene rings is 1. The van der Waals surface area contributed by atoms with Crippen LogP contribution in [-0.4, -0.2) is 56.1 Å². The van der Waals surface area contributed by atoms with Crippen molar-refractivity contribution in [3.63, 3.8) is 0 Å². The van der Waals surface area contributed by atoms with Crippen molar-refractivity contribution < 1.29 is 13.2 Å². The van der Waals surface area contributed by atoms with E-state index in [4.69, 9.17) is 0 Å². The third kappa shape index (κ3) is 4.06. The smallest absolute Gasteiger partial charge is 0.252 e. The van der Waals surface area contributed by atoms with Crippen molar-refractivity contribution in [1.29, 1.82) is 0 Å². The van der Waals surface area contributed by atoms with Crippen molar-refractivity contribution in [3.8, 4) is 0 Å². The number of Topliss-reactive ketones (excluding diaryl/α,β-unsaturated/α-hetero) is 1. The third-order valence-corrected chi connectivity index (χ3v) is 8.07. The molecule has 2 heterocycles. The second-order valence-electron chi connectivity index (χ2n) is 6.79. The van der Waals surface area contributed by atoms with Crippen LogP contribution in [0.1, 0.15) is 26.4 Å². The number of hydrogen-bond donors (Lipinski definition) is 0. The van der Waals surface area contributed by atoms with Gasteiger partial charge < -0.3 is 0 Å². The van der Waals surface area contributed by atoms with Crippen molar-refractivity contribution in [3.05, 3.63) is 51.9 Å². The SMILES string of the molecule is Cc1ccc(C)c(C(=O)CN2CCN(S(=O)(=O)c3ccc(C)s3)CC2)c1. The summed E-state index contributed by atoms with van der Waals surface area (Å²) in [5, 5.41) is 0. The first-order valence-electron chi connectivity index (χ1n) is 8.67. The molecular formula is C19H24N2O3S2. The van der Waals surface area contributed by atoms with Gasteiger partial charge in [0.05, 0.1) is 6.54 Å². The Hall–Kier alpha value is -1.54. The Morgan fingerprint density at radius 1 is 1.04 bits per heavy atom. The molecule has 1 aromatic carbocycles. The fourth-order valence-electron chi connectivity index (χ4n) is 3.13. The molecule has 0 spiro atoms. The lowest BCUT2D eigenvalue weighted by atomic mass is 10.0. The Morgan fingerprint density at radius 3 is 2.35 bits per heavy atom. The van der Waals surface area contributed by atoms with Gasteiger partial charge in [0.1, 0.15) is 4.21 Å². The molecule has 1 aliphatic rings. The highest BCUT2D eigenvalue weighted by atomic mass is 32.2. The average molecular weight is 393 g/mol. The minimum Gasteiger partial charge on any atom is -0.293 e. The number of thiophene rings is 1. The largest absolute Gasteiger partial charge is 0.293 e. The maximum atomic E-state index is 12.7. The van der Waals surface area contributed by atoms with Crippen LogP contribution < -0.4 is 0 Å². The van der Waals surface area contributed by atoms with Gasteiger partial charge in [-0.15, -0.1) is 11.3 Å². The van der Waals surface area contributed by atoms with E-state index in [-0.39, 0.29) is 5.78 Å². The summed E-state index contributed by atoms with van der Waals surface area (Å²) in [4.78, 5) is 15.6. The molecule has 0 atom stereocenters. The van der Waals surface area contributed by atoms with Gasteiger partial charge >= 0.3 is 0 Å². The second-order valence-corrected chi connectivity index (χ2v) is 10.2. The highest BCUT2D eigenvalue weighted by Crippen LogP contribution is 2.25. The van der Waals surface area contributed by atoms with E-state index in [9.17, 15) is 13.2 Å². The number of hydrogen-bond acceptors (Lipinski definition) is 5. The fourth-order valence-corrected chi connectivity index (χ4v) is 5.99. The molecule has 1 aliphatic heterocycles. The highest BCUT2D eigenvalue weighted by Gasteiger charge is 2.30. The zero-order valence-corrected chi connectivity index (χ0v) is 17.0. The molecule has 1 fully saturated rings. The van der Waals surface area contributed by atoms with Crippen LogP contribution in [0.3, 0.4) is 0 Å². The number of nitrogens with zero attached hydrogens (tertiary/aromatic N) is 2. The molecule has 0 bridgehead atoms. The van der Waals surface area contributed by atoms with Crippen LogP contribution in [0.25, 0.3) is 0 Å². The molecule has 26 heavy (non-hydrogen) atoms. The van der Waals surface area contributed by atoms with Gasteiger partial charge in [-0.25, -0.2) is 8.42 Å². The van der Waals surface area contributed by atoms with Gasteiger partial charge in [0.25, 0.3) is 10.0 Å². The summed E-state index contributed by atoms with van der Waals surface area (Å²) in [5.41, 5.74) is 2.81. The molecule has 0 amide bonds. The third-order valence-electron chi connectivity index (χ3n) is 4.70. The highest BCUT2D eigenvalue weighted by molar-refractivity contribution is 7.91. The van der Waals surface area contributed by atoms with Gasteiger partial charge in [0.2, 0.25) is 0 Å². The zero-order valence-electron chi connectivity index (χ0n) is 15.4. The van der Waals surface area contributed by atoms with E-state index in [2.05, 4.69) is 0 Å². The molecule has 0 radical (unpaired) electrons. The Kier molecular flexibility index (Phi) is 5.62. The predicted molar refractivity (Wildman–Crippen MR) is 105 cm³/mol. The molecule has 0 N–H and O–H groups in total. The van der Waals surface area contributed by atoms with Crippen LogP contribution in [0.4, 0.5) is 0 Å². The summed E-state index contributed by atoms with van der Waals surface area (Å²) in [6.07, 6.45) is 0. The van der Waals surface area contributed by atoms with Crippen molar-refractivity contribution in [2.24, 2.45) is 0 Å². The van der Waals surface area contributed by atoms with E-state index in [0.29, 0.717) is 36.9 Å². The average Bonchev–Trinajstić information content (AvgIpc) is 3.05. The maximum absolute atomic E-state index is 12.7. The quantitative estimate of drug-likeness (QED) is 0.734. The molecule has 1 aromatic heterocycles. The Bertz CT molecular complexity index is 911. The lowest BCUT2D eigenvalue weighted by Gasteiger charge is -2.33. The first-order valence-corrected chi connectivity index (χ1v) is 10.9. The molecule has 1 saturated heterocycles. The van der Waals surface area contributed by atoms with Crippen LogP contribution in [0.5, 0.6) is 0 Å². The predicted octanol–water partition coefficient (Wildman–Crippen LogP) is 2.86. The standard InChI is InChI=1S/C19H24N2O3S2/c1-14-4-5-15(2)17(12-14)18(22)13-20-8-10-21(11-9-20)26(23,24)19-7-6-16(3)25-19/h4-7,12H,8-11,13H2,1-3H3. The monoisotopic (exact) mass is 392 g/mol. The number of sulfonamides is 1. The number of ketones is 1. The molecular weight excluding hydrogens is 368 g/mol. The summed E-state index contributed by atoms with van der Waals surface area (Å²) in [6.45, 7) is 8.13. The van der Waals surface area contributed by atoms with Gasteiger partial charge in [0, 0.05) is 36.6 Å². The Morgan fingerprint density at radius 2 is 1.73 bits per heavy atom. The van der Waals surface area contributed by atoms with Gasteiger partial charge in [-0.05, 0) is 44.5 Å². The van der Waals surface area contributed by atoms with Crippen LogP contribution in [0, 0.1) is 20.8 Å². The molecule has 0 unspecified atom stereocenters. The van der Waals surface area contributed by atoms with Gasteiger partial charge in [-0.3, -0.25) is 9.69 Å². The van der Waals surface area contributed by atoms with E-state index in [1.54, 1.807) is 6.07 Å². The molecule has 3 rings (SSSR count). The second kappa shape index (κ2) is 7.60. The first kappa shape index (κ1) is 19.2. The van der Waals surface area contributed by atoms with Gasteiger partial charge in [-0.1, -0.05) is 17.7 Å². The number of rotatable bonds is 5. The van der Waals surface area contributed by atoms with Crippen LogP contribution in [0.15, 0.2) is 34.5 Å². The van der Waals surface area contributed by atoms with Crippen molar-refractivity contribution >= 4 is 27.1 Å². The van der Waals surface area contributed by atoms with Crippen molar-refractivity contribution in [2.45, 2.75) is 25.0 Å². The summed E-state index contributed by atoms with van der Waals surface area (Å²) in [5.74, 6) is 0.0939. The zero-order chi connectivity index (χ0) is 18.9. The number of carbonyl (C=O) groups excluding carboxylic acids is 1. The van der Waals surface area contributed by atoms with Crippen molar-refractivity contribution in [1.82, 2.24) is 9.21 Å². The van der Waals surface area contributed by atoms with Crippen molar-refractivity contribution in [2.75, 3.05) is 32.7 Å². The molecule has 0 aliphatic carbocycles. The van der Waals surface area contributed by atoms with E-state index >= 15 is 0 Å². The summed E-state index contributed by atoms with van der Waals surface area (Å²) in [6, 6.07) is 9.40. The minimum absolute atomic E-state index is 0.0939. The van der Waals surface area contributed by atoms with Crippen LogP contribution in [0.2, 0.25) is 0 Å². The molecule has 140 valence electrons. The minimum atomic E-state index is -3.42. The molecule has 2 aromatic rings. The van der Waals surface area contributed by atoms with E-state index in [1.165, 1.54) is 15.6 Å². The van der Waals surface area contributed by atoms with Crippen LogP contribution >= 0.6 is 11.3 Å². The van der Waals surface area contributed by atoms with Gasteiger partial charge in [0.15, 0.2) is 5.78 Å². The normalized spacial score (nSPS) is 16.7. The van der Waals surface area contributed by atoms with Crippen LogP contribution in [-0.2, 0) is 10.0 Å². The maximum Gasteiger partial charge on any atom is 0.252 e. The fraction of sp³-hybridized carbons (Fsp3) is 0.421. The lowest BCUT2D eigenvalue weighted by molar-refractivity contribution is 0.0901. The van der Waals surface area contributed by atoms with E-state index in [1.807, 2.05) is 49.9 Å². The lowest BCUT2D eigenvalue weighted by Crippen LogP contribution is -2.49. The van der Waals surface area contributed by atoms with Gasteiger partial charge in [-0.2, -0.15) is 4.31 Å². The summed E-state index contributed by atoms with van der Waals surface area (Å²) < 4.78 is 27.3. The molecule has 7 heteroatoms.